The molecule has 1 saturated carbocycles. The molecule has 1 aliphatic rings. The lowest BCUT2D eigenvalue weighted by molar-refractivity contribution is -0.0837. The molecule has 1 aromatic carbocycles. The summed E-state index contributed by atoms with van der Waals surface area (Å²) in [6.45, 7) is 7.37. The van der Waals surface area contributed by atoms with E-state index in [9.17, 15) is 0 Å². The zero-order valence-corrected chi connectivity index (χ0v) is 14.1. The van der Waals surface area contributed by atoms with Crippen molar-refractivity contribution in [2.45, 2.75) is 58.1 Å². The fourth-order valence-corrected chi connectivity index (χ4v) is 3.50. The minimum Gasteiger partial charge on any atom is -0.496 e. The number of nitrogens with one attached hydrogen (secondary N) is 1. The zero-order chi connectivity index (χ0) is 15.5. The summed E-state index contributed by atoms with van der Waals surface area (Å²) in [5.41, 5.74) is 3.83. The Balaban J connectivity index is 2.25. The molecule has 0 aliphatic heterocycles. The summed E-state index contributed by atoms with van der Waals surface area (Å²) in [6.07, 6.45) is 4.69. The molecule has 1 aromatic rings. The second-order valence-electron chi connectivity index (χ2n) is 6.24. The Morgan fingerprint density at radius 1 is 1.19 bits per heavy atom. The summed E-state index contributed by atoms with van der Waals surface area (Å²) in [5, 5.41) is 3.63. The van der Waals surface area contributed by atoms with E-state index in [0.29, 0.717) is 6.04 Å². The van der Waals surface area contributed by atoms with Crippen LogP contribution < -0.4 is 10.1 Å². The molecule has 0 amide bonds. The van der Waals surface area contributed by atoms with Crippen LogP contribution in [0, 0.1) is 13.8 Å². The third-order valence-electron chi connectivity index (χ3n) is 4.81. The normalized spacial score (nSPS) is 18.1. The van der Waals surface area contributed by atoms with Crippen LogP contribution in [0.4, 0.5) is 0 Å². The number of ether oxygens (including phenoxy) is 2. The molecule has 3 nitrogen and oxygen atoms in total. The van der Waals surface area contributed by atoms with E-state index >= 15 is 0 Å². The van der Waals surface area contributed by atoms with Crippen molar-refractivity contribution >= 4 is 0 Å². The van der Waals surface area contributed by atoms with E-state index < -0.39 is 0 Å². The van der Waals surface area contributed by atoms with Gasteiger partial charge < -0.3 is 14.8 Å². The molecule has 118 valence electrons. The van der Waals surface area contributed by atoms with Crippen molar-refractivity contribution in [3.05, 3.63) is 28.8 Å². The van der Waals surface area contributed by atoms with Crippen molar-refractivity contribution in [1.82, 2.24) is 5.32 Å². The summed E-state index contributed by atoms with van der Waals surface area (Å²) in [4.78, 5) is 0. The van der Waals surface area contributed by atoms with Crippen LogP contribution in [0.2, 0.25) is 0 Å². The van der Waals surface area contributed by atoms with E-state index in [1.165, 1.54) is 36.0 Å². The lowest BCUT2D eigenvalue weighted by Crippen LogP contribution is -2.42. The summed E-state index contributed by atoms with van der Waals surface area (Å²) in [7, 11) is 3.59. The Bertz CT molecular complexity index is 452. The van der Waals surface area contributed by atoms with Gasteiger partial charge in [-0.2, -0.15) is 0 Å². The molecule has 0 bridgehead atoms. The van der Waals surface area contributed by atoms with Crippen LogP contribution >= 0.6 is 0 Å². The van der Waals surface area contributed by atoms with Gasteiger partial charge in [-0.1, -0.05) is 19.1 Å². The maximum atomic E-state index is 5.81. The third kappa shape index (κ3) is 3.41. The first-order valence-electron chi connectivity index (χ1n) is 7.99. The Kier molecular flexibility index (Phi) is 5.28. The third-order valence-corrected chi connectivity index (χ3v) is 4.81. The number of aryl methyl sites for hydroxylation is 2. The molecule has 21 heavy (non-hydrogen) atoms. The Hall–Kier alpha value is -1.06. The first kappa shape index (κ1) is 16.3. The summed E-state index contributed by atoms with van der Waals surface area (Å²) < 4.78 is 11.3. The maximum Gasteiger partial charge on any atom is 0.124 e. The van der Waals surface area contributed by atoms with E-state index in [1.54, 1.807) is 7.11 Å². The van der Waals surface area contributed by atoms with Crippen LogP contribution in [-0.2, 0) is 4.74 Å². The average Bonchev–Trinajstić information content (AvgIpc) is 2.41. The number of rotatable bonds is 7. The van der Waals surface area contributed by atoms with Crippen LogP contribution in [0.3, 0.4) is 0 Å². The van der Waals surface area contributed by atoms with Gasteiger partial charge >= 0.3 is 0 Å². The van der Waals surface area contributed by atoms with Gasteiger partial charge in [-0.15, -0.1) is 0 Å². The van der Waals surface area contributed by atoms with Crippen molar-refractivity contribution in [2.75, 3.05) is 20.8 Å². The second-order valence-corrected chi connectivity index (χ2v) is 6.24. The SMILES string of the molecule is CCNC(CC1(OC)CCC1)c1cc(C)c(OC)c(C)c1. The zero-order valence-electron chi connectivity index (χ0n) is 14.1. The van der Waals surface area contributed by atoms with Gasteiger partial charge in [0, 0.05) is 13.2 Å². The Labute approximate surface area is 129 Å². The van der Waals surface area contributed by atoms with Crippen molar-refractivity contribution in [1.29, 1.82) is 0 Å². The molecule has 1 atom stereocenters. The monoisotopic (exact) mass is 291 g/mol. The average molecular weight is 291 g/mol. The van der Waals surface area contributed by atoms with Crippen LogP contribution in [0.15, 0.2) is 12.1 Å². The minimum absolute atomic E-state index is 0.0780. The number of hydrogen-bond donors (Lipinski definition) is 1. The lowest BCUT2D eigenvalue weighted by Gasteiger charge is -2.43. The van der Waals surface area contributed by atoms with E-state index in [0.717, 1.165) is 18.7 Å². The maximum absolute atomic E-state index is 5.81. The summed E-state index contributed by atoms with van der Waals surface area (Å²) in [5.74, 6) is 0.999. The van der Waals surface area contributed by atoms with Gasteiger partial charge in [-0.3, -0.25) is 0 Å². The topological polar surface area (TPSA) is 30.5 Å². The molecule has 0 spiro atoms. The number of hydrogen-bond acceptors (Lipinski definition) is 3. The Morgan fingerprint density at radius 2 is 1.81 bits per heavy atom. The molecular formula is C18H29NO2. The molecule has 2 rings (SSSR count). The van der Waals surface area contributed by atoms with E-state index in [1.807, 2.05) is 7.11 Å². The van der Waals surface area contributed by atoms with Crippen LogP contribution in [0.25, 0.3) is 0 Å². The highest BCUT2D eigenvalue weighted by atomic mass is 16.5. The van der Waals surface area contributed by atoms with Crippen molar-refractivity contribution < 1.29 is 9.47 Å². The van der Waals surface area contributed by atoms with E-state index in [-0.39, 0.29) is 5.60 Å². The standard InChI is InChI=1S/C18H29NO2/c1-6-19-16(12-18(21-5)8-7-9-18)15-10-13(2)17(20-4)14(3)11-15/h10-11,16,19H,6-9,12H2,1-5H3. The van der Waals surface area contributed by atoms with Gasteiger partial charge in [0.1, 0.15) is 5.75 Å². The van der Waals surface area contributed by atoms with Crippen molar-refractivity contribution in [3.8, 4) is 5.75 Å². The quantitative estimate of drug-likeness (QED) is 0.826. The Morgan fingerprint density at radius 3 is 2.19 bits per heavy atom. The van der Waals surface area contributed by atoms with Gasteiger partial charge in [0.05, 0.1) is 12.7 Å². The largest absolute Gasteiger partial charge is 0.496 e. The highest BCUT2D eigenvalue weighted by Gasteiger charge is 2.39. The fourth-order valence-electron chi connectivity index (χ4n) is 3.50. The van der Waals surface area contributed by atoms with Crippen LogP contribution in [0.5, 0.6) is 5.75 Å². The number of methoxy groups -OCH3 is 2. The van der Waals surface area contributed by atoms with Gasteiger partial charge in [-0.05, 0) is 62.8 Å². The van der Waals surface area contributed by atoms with E-state index in [2.05, 4.69) is 38.2 Å². The molecule has 0 saturated heterocycles. The molecule has 3 heteroatoms. The van der Waals surface area contributed by atoms with E-state index in [4.69, 9.17) is 9.47 Å². The molecule has 1 N–H and O–H groups in total. The van der Waals surface area contributed by atoms with Crippen molar-refractivity contribution in [2.24, 2.45) is 0 Å². The molecule has 1 aliphatic carbocycles. The first-order chi connectivity index (χ1) is 10.0. The van der Waals surface area contributed by atoms with Gasteiger partial charge in [0.25, 0.3) is 0 Å². The summed E-state index contributed by atoms with van der Waals surface area (Å²) >= 11 is 0. The van der Waals surface area contributed by atoms with Gasteiger partial charge in [-0.25, -0.2) is 0 Å². The predicted octanol–water partition coefficient (Wildman–Crippen LogP) is 3.92. The van der Waals surface area contributed by atoms with Gasteiger partial charge in [0.2, 0.25) is 0 Å². The molecule has 0 aromatic heterocycles. The molecular weight excluding hydrogens is 262 g/mol. The molecule has 1 fully saturated rings. The van der Waals surface area contributed by atoms with Crippen molar-refractivity contribution in [3.63, 3.8) is 0 Å². The van der Waals surface area contributed by atoms with Crippen LogP contribution in [-0.4, -0.2) is 26.4 Å². The van der Waals surface area contributed by atoms with Gasteiger partial charge in [0.15, 0.2) is 0 Å². The molecule has 1 unspecified atom stereocenters. The number of benzene rings is 1. The first-order valence-corrected chi connectivity index (χ1v) is 7.99. The summed E-state index contributed by atoms with van der Waals surface area (Å²) in [6, 6.07) is 4.85. The predicted molar refractivity (Wildman–Crippen MR) is 87.1 cm³/mol. The highest BCUT2D eigenvalue weighted by molar-refractivity contribution is 5.44. The van der Waals surface area contributed by atoms with Crippen LogP contribution in [0.1, 0.15) is 55.3 Å². The highest BCUT2D eigenvalue weighted by Crippen LogP contribution is 2.42. The minimum atomic E-state index is 0.0780. The second kappa shape index (κ2) is 6.80. The lowest BCUT2D eigenvalue weighted by atomic mass is 9.74. The molecule has 0 radical (unpaired) electrons. The fraction of sp³-hybridized carbons (Fsp3) is 0.667. The molecule has 0 heterocycles. The smallest absolute Gasteiger partial charge is 0.124 e.